The number of nitrogens with zero attached hydrogens (tertiary/aromatic N) is 2. The van der Waals surface area contributed by atoms with Crippen molar-refractivity contribution in [1.29, 1.82) is 0 Å². The SMILES string of the molecule is CNC(=O)Cc1cccc(Nc2nccc(Nc3ccc4[nH]c(C)cc4c3)n2)c1. The van der Waals surface area contributed by atoms with E-state index in [0.29, 0.717) is 18.2 Å². The van der Waals surface area contributed by atoms with Crippen LogP contribution in [-0.2, 0) is 11.2 Å². The third-order valence-electron chi connectivity index (χ3n) is 4.51. The second-order valence-corrected chi connectivity index (χ2v) is 6.82. The Kier molecular flexibility index (Phi) is 5.11. The first-order valence-corrected chi connectivity index (χ1v) is 9.35. The smallest absolute Gasteiger partial charge is 0.229 e. The summed E-state index contributed by atoms with van der Waals surface area (Å²) in [7, 11) is 1.63. The van der Waals surface area contributed by atoms with Gasteiger partial charge in [0, 0.05) is 41.2 Å². The van der Waals surface area contributed by atoms with E-state index in [-0.39, 0.29) is 5.91 Å². The van der Waals surface area contributed by atoms with Crippen LogP contribution in [0.15, 0.2) is 60.8 Å². The number of aromatic amines is 1. The van der Waals surface area contributed by atoms with Gasteiger partial charge in [0.2, 0.25) is 11.9 Å². The topological polar surface area (TPSA) is 94.7 Å². The van der Waals surface area contributed by atoms with Gasteiger partial charge in [0.05, 0.1) is 6.42 Å². The van der Waals surface area contributed by atoms with Gasteiger partial charge in [0.25, 0.3) is 0 Å². The lowest BCUT2D eigenvalue weighted by Crippen LogP contribution is -2.19. The summed E-state index contributed by atoms with van der Waals surface area (Å²) in [5.74, 6) is 1.14. The Bertz CT molecular complexity index is 1170. The fraction of sp³-hybridized carbons (Fsp3) is 0.136. The highest BCUT2D eigenvalue weighted by atomic mass is 16.1. The van der Waals surface area contributed by atoms with Crippen LogP contribution in [0.2, 0.25) is 0 Å². The fourth-order valence-electron chi connectivity index (χ4n) is 3.15. The minimum Gasteiger partial charge on any atom is -0.359 e. The molecule has 0 fully saturated rings. The maximum Gasteiger partial charge on any atom is 0.229 e. The molecule has 2 heterocycles. The molecule has 29 heavy (non-hydrogen) atoms. The Morgan fingerprint density at radius 1 is 1.03 bits per heavy atom. The van der Waals surface area contributed by atoms with Crippen molar-refractivity contribution in [2.45, 2.75) is 13.3 Å². The molecule has 0 spiro atoms. The van der Waals surface area contributed by atoms with E-state index in [1.165, 1.54) is 0 Å². The molecule has 0 aliphatic rings. The van der Waals surface area contributed by atoms with Crippen LogP contribution in [0.5, 0.6) is 0 Å². The Labute approximate surface area is 168 Å². The Morgan fingerprint density at radius 2 is 1.90 bits per heavy atom. The number of aromatic nitrogens is 3. The van der Waals surface area contributed by atoms with Crippen molar-refractivity contribution in [1.82, 2.24) is 20.3 Å². The molecule has 0 aliphatic carbocycles. The molecule has 1 amide bonds. The Morgan fingerprint density at radius 3 is 2.76 bits per heavy atom. The molecule has 2 aromatic carbocycles. The van der Waals surface area contributed by atoms with Crippen LogP contribution >= 0.6 is 0 Å². The third-order valence-corrected chi connectivity index (χ3v) is 4.51. The van der Waals surface area contributed by atoms with Crippen LogP contribution in [0.4, 0.5) is 23.1 Å². The van der Waals surface area contributed by atoms with Crippen LogP contribution in [0.3, 0.4) is 0 Å². The molecule has 0 saturated carbocycles. The fourth-order valence-corrected chi connectivity index (χ4v) is 3.15. The molecule has 4 N–H and O–H groups in total. The second-order valence-electron chi connectivity index (χ2n) is 6.82. The number of nitrogens with one attached hydrogen (secondary N) is 4. The van der Waals surface area contributed by atoms with Gasteiger partial charge >= 0.3 is 0 Å². The summed E-state index contributed by atoms with van der Waals surface area (Å²) in [6, 6.07) is 17.7. The number of anilines is 4. The van der Waals surface area contributed by atoms with Gasteiger partial charge in [-0.3, -0.25) is 4.79 Å². The normalized spacial score (nSPS) is 10.7. The number of benzene rings is 2. The number of fused-ring (bicyclic) bond motifs is 1. The molecule has 146 valence electrons. The minimum atomic E-state index is -0.0285. The van der Waals surface area contributed by atoms with Crippen molar-refractivity contribution in [2.75, 3.05) is 17.7 Å². The van der Waals surface area contributed by atoms with Gasteiger partial charge in [0.15, 0.2) is 0 Å². The van der Waals surface area contributed by atoms with E-state index >= 15 is 0 Å². The van der Waals surface area contributed by atoms with E-state index in [9.17, 15) is 4.79 Å². The van der Waals surface area contributed by atoms with Gasteiger partial charge < -0.3 is 20.9 Å². The number of rotatable bonds is 6. The van der Waals surface area contributed by atoms with Gasteiger partial charge in [-0.05, 0) is 55.0 Å². The van der Waals surface area contributed by atoms with Crippen LogP contribution < -0.4 is 16.0 Å². The average molecular weight is 386 g/mol. The Balaban J connectivity index is 1.49. The van der Waals surface area contributed by atoms with E-state index in [1.54, 1.807) is 13.2 Å². The summed E-state index contributed by atoms with van der Waals surface area (Å²) in [5.41, 5.74) is 4.93. The van der Waals surface area contributed by atoms with Crippen molar-refractivity contribution in [3.05, 3.63) is 72.1 Å². The molecule has 4 rings (SSSR count). The van der Waals surface area contributed by atoms with Gasteiger partial charge in [0.1, 0.15) is 5.82 Å². The molecule has 0 aliphatic heterocycles. The van der Waals surface area contributed by atoms with Gasteiger partial charge in [-0.15, -0.1) is 0 Å². The van der Waals surface area contributed by atoms with Gasteiger partial charge in [-0.2, -0.15) is 4.98 Å². The first-order chi connectivity index (χ1) is 14.1. The zero-order chi connectivity index (χ0) is 20.2. The molecular formula is C22H22N6O. The quantitative estimate of drug-likeness (QED) is 0.401. The van der Waals surface area contributed by atoms with Crippen LogP contribution in [0, 0.1) is 6.92 Å². The van der Waals surface area contributed by atoms with E-state index in [4.69, 9.17) is 0 Å². The first kappa shape index (κ1) is 18.5. The molecule has 0 saturated heterocycles. The standard InChI is InChI=1S/C22H22N6O/c1-14-10-16-13-18(6-7-19(16)25-14)26-20-8-9-24-22(28-20)27-17-5-3-4-15(11-17)12-21(29)23-2/h3-11,13,25H,12H2,1-2H3,(H,23,29)(H2,24,26,27,28). The third kappa shape index (κ3) is 4.52. The molecule has 4 aromatic rings. The highest BCUT2D eigenvalue weighted by Crippen LogP contribution is 2.23. The highest BCUT2D eigenvalue weighted by Gasteiger charge is 2.05. The van der Waals surface area contributed by atoms with Crippen molar-refractivity contribution >= 4 is 40.0 Å². The van der Waals surface area contributed by atoms with E-state index in [1.807, 2.05) is 49.4 Å². The predicted molar refractivity (Wildman–Crippen MR) is 116 cm³/mol. The summed E-state index contributed by atoms with van der Waals surface area (Å²) >= 11 is 0. The summed E-state index contributed by atoms with van der Waals surface area (Å²) in [5, 5.41) is 10.3. The maximum absolute atomic E-state index is 11.6. The van der Waals surface area contributed by atoms with E-state index in [0.717, 1.165) is 33.5 Å². The van der Waals surface area contributed by atoms with Crippen LogP contribution in [0.25, 0.3) is 10.9 Å². The molecule has 7 nitrogen and oxygen atoms in total. The number of H-pyrrole nitrogens is 1. The molecule has 0 bridgehead atoms. The van der Waals surface area contributed by atoms with Crippen LogP contribution in [0.1, 0.15) is 11.3 Å². The Hall–Kier alpha value is -3.87. The maximum atomic E-state index is 11.6. The van der Waals surface area contributed by atoms with E-state index in [2.05, 4.69) is 43.0 Å². The van der Waals surface area contributed by atoms with E-state index < -0.39 is 0 Å². The lowest BCUT2D eigenvalue weighted by Gasteiger charge is -2.09. The van der Waals surface area contributed by atoms with Crippen LogP contribution in [-0.4, -0.2) is 27.9 Å². The molecule has 0 unspecified atom stereocenters. The van der Waals surface area contributed by atoms with Gasteiger partial charge in [-0.1, -0.05) is 12.1 Å². The zero-order valence-electron chi connectivity index (χ0n) is 16.3. The van der Waals surface area contributed by atoms with Crippen molar-refractivity contribution < 1.29 is 4.79 Å². The molecule has 7 heteroatoms. The summed E-state index contributed by atoms with van der Waals surface area (Å²) < 4.78 is 0. The zero-order valence-corrected chi connectivity index (χ0v) is 16.3. The number of likely N-dealkylation sites (N-methyl/N-ethyl adjacent to an activating group) is 1. The van der Waals surface area contributed by atoms with Crippen molar-refractivity contribution in [3.63, 3.8) is 0 Å². The highest BCUT2D eigenvalue weighted by molar-refractivity contribution is 5.84. The second kappa shape index (κ2) is 8.02. The first-order valence-electron chi connectivity index (χ1n) is 9.35. The number of carbonyl (C=O) groups is 1. The largest absolute Gasteiger partial charge is 0.359 e. The number of aryl methyl sites for hydroxylation is 1. The monoisotopic (exact) mass is 386 g/mol. The summed E-state index contributed by atoms with van der Waals surface area (Å²) in [6.45, 7) is 2.04. The number of carbonyl (C=O) groups excluding carboxylic acids is 1. The molecule has 0 radical (unpaired) electrons. The van der Waals surface area contributed by atoms with Crippen molar-refractivity contribution in [2.24, 2.45) is 0 Å². The lowest BCUT2D eigenvalue weighted by atomic mass is 10.1. The molecule has 0 atom stereocenters. The average Bonchev–Trinajstić information content (AvgIpc) is 3.08. The minimum absolute atomic E-state index is 0.0285. The van der Waals surface area contributed by atoms with Crippen molar-refractivity contribution in [3.8, 4) is 0 Å². The number of amides is 1. The predicted octanol–water partition coefficient (Wildman–Crippen LogP) is 4.04. The number of hydrogen-bond donors (Lipinski definition) is 4. The van der Waals surface area contributed by atoms with Gasteiger partial charge in [-0.25, -0.2) is 4.98 Å². The number of hydrogen-bond acceptors (Lipinski definition) is 5. The summed E-state index contributed by atoms with van der Waals surface area (Å²) in [6.07, 6.45) is 2.03. The lowest BCUT2D eigenvalue weighted by molar-refractivity contribution is -0.119. The summed E-state index contributed by atoms with van der Waals surface area (Å²) in [4.78, 5) is 23.7. The molecule has 2 aromatic heterocycles. The molecular weight excluding hydrogens is 364 g/mol.